The van der Waals surface area contributed by atoms with Crippen LogP contribution < -0.4 is 15.8 Å². The van der Waals surface area contributed by atoms with Crippen molar-refractivity contribution in [3.63, 3.8) is 0 Å². The first-order valence-corrected chi connectivity index (χ1v) is 8.79. The number of sulfonamides is 1. The van der Waals surface area contributed by atoms with E-state index in [1.54, 1.807) is 6.07 Å². The third-order valence-electron chi connectivity index (χ3n) is 4.76. The Morgan fingerprint density at radius 3 is 2.57 bits per heavy atom. The average molecular weight is 310 g/mol. The highest BCUT2D eigenvalue weighted by Crippen LogP contribution is 2.32. The van der Waals surface area contributed by atoms with E-state index in [0.717, 1.165) is 25.2 Å². The Balaban J connectivity index is 1.92. The molecule has 0 spiro atoms. The number of hydrogen-bond acceptors (Lipinski definition) is 5. The summed E-state index contributed by atoms with van der Waals surface area (Å²) in [5.74, 6) is 0. The molecule has 2 bridgehead atoms. The molecule has 3 rings (SSSR count). The molecule has 21 heavy (non-hydrogen) atoms. The molecule has 116 valence electrons. The lowest BCUT2D eigenvalue weighted by Crippen LogP contribution is -2.36. The number of anilines is 2. The predicted octanol–water partition coefficient (Wildman–Crippen LogP) is 0.589. The number of nitrogen functional groups attached to an aromatic ring is 1. The Bertz CT molecular complexity index is 646. The molecule has 2 heterocycles. The van der Waals surface area contributed by atoms with Gasteiger partial charge in [-0.1, -0.05) is 0 Å². The molecule has 6 nitrogen and oxygen atoms in total. The Hall–Kier alpha value is -1.31. The maximum atomic E-state index is 11.6. The van der Waals surface area contributed by atoms with Gasteiger partial charge in [-0.05, 0) is 44.5 Å². The number of nitrogens with two attached hydrogens (primary N) is 2. The van der Waals surface area contributed by atoms with Crippen LogP contribution in [0.15, 0.2) is 23.1 Å². The summed E-state index contributed by atoms with van der Waals surface area (Å²) < 4.78 is 23.1. The number of nitrogens with zero attached hydrogens (tertiary/aromatic N) is 2. The number of benzene rings is 1. The second-order valence-electron chi connectivity index (χ2n) is 6.09. The van der Waals surface area contributed by atoms with Gasteiger partial charge in [-0.3, -0.25) is 4.90 Å². The molecule has 0 aromatic heterocycles. The van der Waals surface area contributed by atoms with E-state index in [2.05, 4.69) is 16.8 Å². The van der Waals surface area contributed by atoms with Gasteiger partial charge in [0.05, 0.1) is 4.90 Å². The zero-order valence-electron chi connectivity index (χ0n) is 12.2. The summed E-state index contributed by atoms with van der Waals surface area (Å²) in [6, 6.07) is 6.03. The lowest BCUT2D eigenvalue weighted by atomic mass is 10.1. The molecule has 1 aromatic carbocycles. The number of likely N-dealkylation sites (N-methyl/N-ethyl adjacent to an activating group) is 1. The Kier molecular flexibility index (Phi) is 3.59. The molecule has 2 saturated heterocycles. The fourth-order valence-corrected chi connectivity index (χ4v) is 4.08. The van der Waals surface area contributed by atoms with Crippen LogP contribution in [-0.4, -0.2) is 45.5 Å². The molecule has 1 aromatic rings. The Morgan fingerprint density at radius 2 is 1.86 bits per heavy atom. The van der Waals surface area contributed by atoms with E-state index in [-0.39, 0.29) is 4.90 Å². The minimum atomic E-state index is -3.73. The third kappa shape index (κ3) is 2.86. The molecule has 0 aliphatic carbocycles. The molecule has 2 aliphatic heterocycles. The van der Waals surface area contributed by atoms with Crippen LogP contribution >= 0.6 is 0 Å². The summed E-state index contributed by atoms with van der Waals surface area (Å²) in [6.07, 6.45) is 3.54. The van der Waals surface area contributed by atoms with Crippen LogP contribution in [0, 0.1) is 0 Å². The first kappa shape index (κ1) is 14.6. The standard InChI is InChI=1S/C14H22N4O2S/c1-17-11-2-3-12(17)9-18(5-4-11)13-6-10(15)7-14(8-13)21(16,19)20/h6-8,11-12H,2-5,9,15H2,1H3,(H2,16,19,20). The molecule has 2 atom stereocenters. The fraction of sp³-hybridized carbons (Fsp3) is 0.571. The van der Waals surface area contributed by atoms with Crippen molar-refractivity contribution >= 4 is 21.4 Å². The smallest absolute Gasteiger partial charge is 0.238 e. The molecule has 0 amide bonds. The average Bonchev–Trinajstić information content (AvgIpc) is 2.61. The number of fused-ring (bicyclic) bond motifs is 2. The van der Waals surface area contributed by atoms with Crippen molar-refractivity contribution in [2.45, 2.75) is 36.2 Å². The number of primary sulfonamides is 1. The SMILES string of the molecule is CN1C2CCC1CN(c1cc(N)cc(S(N)(=O)=O)c1)CC2. The van der Waals surface area contributed by atoms with Crippen LogP contribution in [0.2, 0.25) is 0 Å². The lowest BCUT2D eigenvalue weighted by molar-refractivity contribution is 0.254. The van der Waals surface area contributed by atoms with Gasteiger partial charge in [-0.15, -0.1) is 0 Å². The van der Waals surface area contributed by atoms with Gasteiger partial charge in [0.2, 0.25) is 10.0 Å². The normalized spacial score (nSPS) is 26.9. The predicted molar refractivity (Wildman–Crippen MR) is 83.6 cm³/mol. The molecule has 2 fully saturated rings. The monoisotopic (exact) mass is 310 g/mol. The van der Waals surface area contributed by atoms with Gasteiger partial charge in [-0.2, -0.15) is 0 Å². The van der Waals surface area contributed by atoms with E-state index in [9.17, 15) is 8.42 Å². The summed E-state index contributed by atoms with van der Waals surface area (Å²) in [5.41, 5.74) is 7.13. The van der Waals surface area contributed by atoms with Crippen molar-refractivity contribution < 1.29 is 8.42 Å². The van der Waals surface area contributed by atoms with Crippen molar-refractivity contribution in [1.29, 1.82) is 0 Å². The van der Waals surface area contributed by atoms with E-state index in [4.69, 9.17) is 10.9 Å². The minimum absolute atomic E-state index is 0.0836. The van der Waals surface area contributed by atoms with E-state index >= 15 is 0 Å². The Morgan fingerprint density at radius 1 is 1.14 bits per heavy atom. The zero-order chi connectivity index (χ0) is 15.2. The van der Waals surface area contributed by atoms with Gasteiger partial charge in [0, 0.05) is 36.5 Å². The summed E-state index contributed by atoms with van der Waals surface area (Å²) in [6.45, 7) is 1.82. The van der Waals surface area contributed by atoms with Crippen LogP contribution in [-0.2, 0) is 10.0 Å². The summed E-state index contributed by atoms with van der Waals surface area (Å²) in [4.78, 5) is 4.76. The maximum absolute atomic E-state index is 11.6. The van der Waals surface area contributed by atoms with Crippen molar-refractivity contribution in [2.75, 3.05) is 30.8 Å². The highest BCUT2D eigenvalue weighted by atomic mass is 32.2. The van der Waals surface area contributed by atoms with Gasteiger partial charge in [0.1, 0.15) is 0 Å². The topological polar surface area (TPSA) is 92.7 Å². The molecular weight excluding hydrogens is 288 g/mol. The summed E-state index contributed by atoms with van der Waals surface area (Å²) in [7, 11) is -1.55. The largest absolute Gasteiger partial charge is 0.399 e. The molecule has 4 N–H and O–H groups in total. The van der Waals surface area contributed by atoms with Crippen LogP contribution in [0.4, 0.5) is 11.4 Å². The summed E-state index contributed by atoms with van der Waals surface area (Å²) in [5, 5.41) is 5.23. The highest BCUT2D eigenvalue weighted by molar-refractivity contribution is 7.89. The first-order chi connectivity index (χ1) is 9.84. The van der Waals surface area contributed by atoms with Crippen LogP contribution in [0.5, 0.6) is 0 Å². The van der Waals surface area contributed by atoms with Crippen molar-refractivity contribution in [2.24, 2.45) is 5.14 Å². The fourth-order valence-electron chi connectivity index (χ4n) is 3.50. The van der Waals surface area contributed by atoms with Crippen molar-refractivity contribution in [3.8, 4) is 0 Å². The second kappa shape index (κ2) is 5.15. The minimum Gasteiger partial charge on any atom is -0.399 e. The molecular formula is C14H22N4O2S. The summed E-state index contributed by atoms with van der Waals surface area (Å²) >= 11 is 0. The molecule has 0 saturated carbocycles. The third-order valence-corrected chi connectivity index (χ3v) is 5.65. The highest BCUT2D eigenvalue weighted by Gasteiger charge is 2.34. The number of rotatable bonds is 2. The van der Waals surface area contributed by atoms with E-state index in [0.29, 0.717) is 17.8 Å². The van der Waals surface area contributed by atoms with Crippen LogP contribution in [0.25, 0.3) is 0 Å². The second-order valence-corrected chi connectivity index (χ2v) is 7.65. The molecule has 2 aliphatic rings. The van der Waals surface area contributed by atoms with Crippen LogP contribution in [0.1, 0.15) is 19.3 Å². The van der Waals surface area contributed by atoms with E-state index < -0.39 is 10.0 Å². The zero-order valence-corrected chi connectivity index (χ0v) is 13.0. The van der Waals surface area contributed by atoms with E-state index in [1.807, 2.05) is 6.07 Å². The molecule has 7 heteroatoms. The molecule has 0 radical (unpaired) electrons. The van der Waals surface area contributed by atoms with Crippen LogP contribution in [0.3, 0.4) is 0 Å². The van der Waals surface area contributed by atoms with Crippen molar-refractivity contribution in [3.05, 3.63) is 18.2 Å². The quantitative estimate of drug-likeness (QED) is 0.780. The van der Waals surface area contributed by atoms with Gasteiger partial charge in [-0.25, -0.2) is 13.6 Å². The number of hydrogen-bond donors (Lipinski definition) is 2. The lowest BCUT2D eigenvalue weighted by Gasteiger charge is -2.28. The van der Waals surface area contributed by atoms with Gasteiger partial charge >= 0.3 is 0 Å². The Labute approximate surface area is 125 Å². The van der Waals surface area contributed by atoms with Gasteiger partial charge in [0.15, 0.2) is 0 Å². The van der Waals surface area contributed by atoms with E-state index in [1.165, 1.54) is 18.9 Å². The first-order valence-electron chi connectivity index (χ1n) is 7.25. The molecule has 2 unspecified atom stereocenters. The van der Waals surface area contributed by atoms with Crippen molar-refractivity contribution in [1.82, 2.24) is 4.90 Å². The van der Waals surface area contributed by atoms with Gasteiger partial charge < -0.3 is 10.6 Å². The van der Waals surface area contributed by atoms with Gasteiger partial charge in [0.25, 0.3) is 0 Å². The maximum Gasteiger partial charge on any atom is 0.238 e.